The van der Waals surface area contributed by atoms with Crippen LogP contribution in [-0.4, -0.2) is 26.9 Å². The molecule has 8 heteroatoms. The van der Waals surface area contributed by atoms with Crippen molar-refractivity contribution in [2.45, 2.75) is 6.92 Å². The molecule has 4 aromatic rings. The molecule has 0 aliphatic carbocycles. The van der Waals surface area contributed by atoms with Gasteiger partial charge in [0.25, 0.3) is 5.56 Å². The van der Waals surface area contributed by atoms with Gasteiger partial charge < -0.3 is 9.30 Å². The molecule has 0 spiro atoms. The minimum Gasteiger partial charge on any atom is -0.461 e. The van der Waals surface area contributed by atoms with Crippen LogP contribution in [0.4, 0.5) is 4.39 Å². The van der Waals surface area contributed by atoms with Gasteiger partial charge in [0.2, 0.25) is 0 Å². The number of aromatic nitrogens is 3. The smallest absolute Gasteiger partial charge is 0.359 e. The number of rotatable bonds is 3. The molecule has 0 fully saturated rings. The van der Waals surface area contributed by atoms with E-state index in [0.29, 0.717) is 21.3 Å². The summed E-state index contributed by atoms with van der Waals surface area (Å²) < 4.78 is 21.5. The first-order valence-electron chi connectivity index (χ1n) is 8.56. The normalized spacial score (nSPS) is 11.3. The SMILES string of the molecule is CCOC(=O)c1nn(-c2cccc(F)c2)c(=O)c2c1c1ccc(Cl)cc1n2C. The number of fused-ring (bicyclic) bond motifs is 3. The summed E-state index contributed by atoms with van der Waals surface area (Å²) in [7, 11) is 1.70. The Hall–Kier alpha value is -3.19. The monoisotopic (exact) mass is 399 g/mol. The van der Waals surface area contributed by atoms with Crippen molar-refractivity contribution in [3.63, 3.8) is 0 Å². The lowest BCUT2D eigenvalue weighted by Crippen LogP contribution is -2.26. The topological polar surface area (TPSA) is 66.1 Å². The van der Waals surface area contributed by atoms with E-state index in [1.54, 1.807) is 36.7 Å². The number of aryl methyl sites for hydroxylation is 1. The molecular formula is C20H15ClFN3O3. The maximum atomic E-state index is 13.7. The highest BCUT2D eigenvalue weighted by Crippen LogP contribution is 2.30. The third-order valence-corrected chi connectivity index (χ3v) is 4.75. The molecule has 0 atom stereocenters. The van der Waals surface area contributed by atoms with E-state index < -0.39 is 17.3 Å². The Balaban J connectivity index is 2.19. The first-order chi connectivity index (χ1) is 13.4. The van der Waals surface area contributed by atoms with E-state index in [1.807, 2.05) is 0 Å². The first-order valence-corrected chi connectivity index (χ1v) is 8.94. The van der Waals surface area contributed by atoms with Crippen molar-refractivity contribution < 1.29 is 13.9 Å². The Bertz CT molecular complexity index is 1310. The molecule has 6 nitrogen and oxygen atoms in total. The summed E-state index contributed by atoms with van der Waals surface area (Å²) in [4.78, 5) is 25.9. The predicted molar refractivity (Wildman–Crippen MR) is 105 cm³/mol. The number of nitrogens with zero attached hydrogens (tertiary/aromatic N) is 3. The molecule has 0 saturated heterocycles. The van der Waals surface area contributed by atoms with Crippen LogP contribution in [0.15, 0.2) is 47.3 Å². The number of benzene rings is 2. The van der Waals surface area contributed by atoms with Gasteiger partial charge >= 0.3 is 5.97 Å². The van der Waals surface area contributed by atoms with E-state index in [2.05, 4.69) is 5.10 Å². The van der Waals surface area contributed by atoms with Crippen LogP contribution < -0.4 is 5.56 Å². The second kappa shape index (κ2) is 6.76. The average molecular weight is 400 g/mol. The van der Waals surface area contributed by atoms with Crippen molar-refractivity contribution >= 4 is 39.4 Å². The van der Waals surface area contributed by atoms with Crippen LogP contribution in [0.2, 0.25) is 5.02 Å². The molecule has 142 valence electrons. The van der Waals surface area contributed by atoms with Gasteiger partial charge in [0.15, 0.2) is 5.69 Å². The Morgan fingerprint density at radius 3 is 2.75 bits per heavy atom. The number of halogens is 2. The molecule has 0 amide bonds. The maximum absolute atomic E-state index is 13.7. The third kappa shape index (κ3) is 2.75. The van der Waals surface area contributed by atoms with Crippen LogP contribution >= 0.6 is 11.6 Å². The van der Waals surface area contributed by atoms with Crippen molar-refractivity contribution in [3.05, 3.63) is 69.4 Å². The maximum Gasteiger partial charge on any atom is 0.359 e. The summed E-state index contributed by atoms with van der Waals surface area (Å²) in [5.74, 6) is -1.19. The van der Waals surface area contributed by atoms with Crippen LogP contribution in [0.5, 0.6) is 0 Å². The van der Waals surface area contributed by atoms with E-state index in [0.717, 1.165) is 4.68 Å². The fourth-order valence-corrected chi connectivity index (χ4v) is 3.49. The first kappa shape index (κ1) is 18.2. The standard InChI is InChI=1S/C20H15ClFN3O3/c1-3-28-20(27)17-16-14-8-7-11(21)9-15(14)24(2)18(16)19(26)25(23-17)13-6-4-5-12(22)10-13/h4-10H,3H2,1-2H3. The molecule has 0 aliphatic rings. The molecule has 0 aliphatic heterocycles. The van der Waals surface area contributed by atoms with Crippen LogP contribution in [0.1, 0.15) is 17.4 Å². The van der Waals surface area contributed by atoms with Gasteiger partial charge in [-0.2, -0.15) is 9.78 Å². The molecule has 2 aromatic carbocycles. The summed E-state index contributed by atoms with van der Waals surface area (Å²) in [5, 5.41) is 5.76. The predicted octanol–water partition coefficient (Wildman–Crippen LogP) is 3.85. The summed E-state index contributed by atoms with van der Waals surface area (Å²) >= 11 is 6.11. The van der Waals surface area contributed by atoms with Gasteiger partial charge in [-0.25, -0.2) is 9.18 Å². The van der Waals surface area contributed by atoms with E-state index in [9.17, 15) is 14.0 Å². The van der Waals surface area contributed by atoms with Crippen LogP contribution in [0.3, 0.4) is 0 Å². The molecule has 0 unspecified atom stereocenters. The molecule has 0 saturated carbocycles. The van der Waals surface area contributed by atoms with Crippen molar-refractivity contribution in [3.8, 4) is 5.69 Å². The van der Waals surface area contributed by atoms with Crippen molar-refractivity contribution in [2.24, 2.45) is 7.05 Å². The largest absolute Gasteiger partial charge is 0.461 e. The Morgan fingerprint density at radius 1 is 1.25 bits per heavy atom. The lowest BCUT2D eigenvalue weighted by molar-refractivity contribution is 0.0520. The van der Waals surface area contributed by atoms with Gasteiger partial charge in [0.05, 0.1) is 17.8 Å². The third-order valence-electron chi connectivity index (χ3n) is 4.52. The molecule has 4 rings (SSSR count). The van der Waals surface area contributed by atoms with Crippen molar-refractivity contribution in [1.82, 2.24) is 14.3 Å². The number of carbonyl (C=O) groups excluding carboxylic acids is 1. The van der Waals surface area contributed by atoms with Gasteiger partial charge in [0.1, 0.15) is 11.3 Å². The number of hydrogen-bond donors (Lipinski definition) is 0. The Labute approximate surface area is 163 Å². The number of esters is 1. The Kier molecular flexibility index (Phi) is 4.39. The fourth-order valence-electron chi connectivity index (χ4n) is 3.32. The molecule has 0 radical (unpaired) electrons. The highest BCUT2D eigenvalue weighted by Gasteiger charge is 2.24. The number of hydrogen-bond acceptors (Lipinski definition) is 4. The van der Waals surface area contributed by atoms with E-state index in [1.165, 1.54) is 24.3 Å². The lowest BCUT2D eigenvalue weighted by atomic mass is 10.1. The second-order valence-electron chi connectivity index (χ2n) is 6.21. The molecule has 0 N–H and O–H groups in total. The van der Waals surface area contributed by atoms with Gasteiger partial charge in [-0.15, -0.1) is 0 Å². The minimum absolute atomic E-state index is 0.0198. The van der Waals surface area contributed by atoms with E-state index in [-0.39, 0.29) is 23.5 Å². The van der Waals surface area contributed by atoms with Crippen LogP contribution in [0.25, 0.3) is 27.5 Å². The number of carbonyl (C=O) groups is 1. The Morgan fingerprint density at radius 2 is 2.04 bits per heavy atom. The highest BCUT2D eigenvalue weighted by molar-refractivity contribution is 6.31. The zero-order valence-electron chi connectivity index (χ0n) is 15.1. The van der Waals surface area contributed by atoms with Crippen LogP contribution in [0, 0.1) is 5.82 Å². The van der Waals surface area contributed by atoms with Gasteiger partial charge in [-0.05, 0) is 37.3 Å². The quantitative estimate of drug-likeness (QED) is 0.491. The second-order valence-corrected chi connectivity index (χ2v) is 6.65. The minimum atomic E-state index is -0.667. The van der Waals surface area contributed by atoms with Gasteiger partial charge in [0, 0.05) is 22.8 Å². The highest BCUT2D eigenvalue weighted by atomic mass is 35.5. The molecular weight excluding hydrogens is 385 g/mol. The number of ether oxygens (including phenoxy) is 1. The summed E-state index contributed by atoms with van der Waals surface area (Å²) in [5.41, 5.74) is 0.626. The fraction of sp³-hybridized carbons (Fsp3) is 0.150. The van der Waals surface area contributed by atoms with E-state index >= 15 is 0 Å². The summed E-state index contributed by atoms with van der Waals surface area (Å²) in [6.45, 7) is 1.83. The molecule has 28 heavy (non-hydrogen) atoms. The zero-order chi connectivity index (χ0) is 20.0. The van der Waals surface area contributed by atoms with Crippen molar-refractivity contribution in [1.29, 1.82) is 0 Å². The van der Waals surface area contributed by atoms with Crippen molar-refractivity contribution in [2.75, 3.05) is 6.61 Å². The average Bonchev–Trinajstić information content (AvgIpc) is 2.95. The lowest BCUT2D eigenvalue weighted by Gasteiger charge is -2.09. The van der Waals surface area contributed by atoms with Gasteiger partial charge in [-0.1, -0.05) is 23.7 Å². The summed E-state index contributed by atoms with van der Waals surface area (Å²) in [6.07, 6.45) is 0. The molecule has 0 bridgehead atoms. The molecule has 2 heterocycles. The van der Waals surface area contributed by atoms with E-state index in [4.69, 9.17) is 16.3 Å². The molecule has 2 aromatic heterocycles. The van der Waals surface area contributed by atoms with Gasteiger partial charge in [-0.3, -0.25) is 4.79 Å². The zero-order valence-corrected chi connectivity index (χ0v) is 15.8. The summed E-state index contributed by atoms with van der Waals surface area (Å²) in [6, 6.07) is 10.6. The van der Waals surface area contributed by atoms with Crippen LogP contribution in [-0.2, 0) is 11.8 Å².